The van der Waals surface area contributed by atoms with E-state index < -0.39 is 34.4 Å². The minimum Gasteiger partial charge on any atom is -0.433 e. The Hall–Kier alpha value is -2.44. The summed E-state index contributed by atoms with van der Waals surface area (Å²) in [5.74, 6) is -2.17. The highest BCUT2D eigenvalue weighted by atomic mass is 19.4. The third-order valence-corrected chi connectivity index (χ3v) is 3.42. The third-order valence-electron chi connectivity index (χ3n) is 3.42. The van der Waals surface area contributed by atoms with Crippen molar-refractivity contribution in [3.05, 3.63) is 47.2 Å². The molecule has 0 saturated carbocycles. The lowest BCUT2D eigenvalue weighted by molar-refractivity contribution is -0.152. The van der Waals surface area contributed by atoms with E-state index in [-0.39, 0.29) is 17.1 Å². The predicted molar refractivity (Wildman–Crippen MR) is 100 cm³/mol. The van der Waals surface area contributed by atoms with E-state index in [9.17, 15) is 18.0 Å². The second-order valence-electron chi connectivity index (χ2n) is 8.45. The number of anilines is 2. The second kappa shape index (κ2) is 6.94. The SMILES string of the molecule is CC(C)(C)Nc1oc(C(F)(F)F)c(C(=O)c2ccccc2)c1NC(C)(C)C. The van der Waals surface area contributed by atoms with Crippen molar-refractivity contribution < 1.29 is 22.4 Å². The number of alkyl halides is 3. The average Bonchev–Trinajstić information content (AvgIpc) is 2.82. The van der Waals surface area contributed by atoms with Crippen LogP contribution in [0.3, 0.4) is 0 Å². The summed E-state index contributed by atoms with van der Waals surface area (Å²) in [6.07, 6.45) is -4.81. The summed E-state index contributed by atoms with van der Waals surface area (Å²) in [6.45, 7) is 10.8. The number of carbonyl (C=O) groups excluding carboxylic acids is 1. The molecule has 1 aromatic carbocycles. The third kappa shape index (κ3) is 5.28. The van der Waals surface area contributed by atoms with Gasteiger partial charge in [0.15, 0.2) is 5.78 Å². The molecule has 0 atom stereocenters. The van der Waals surface area contributed by atoms with Gasteiger partial charge in [-0.05, 0) is 41.5 Å². The number of rotatable bonds is 4. The molecule has 2 rings (SSSR count). The molecule has 1 heterocycles. The molecule has 1 aromatic heterocycles. The molecule has 0 aliphatic heterocycles. The molecule has 0 amide bonds. The van der Waals surface area contributed by atoms with Crippen LogP contribution >= 0.6 is 0 Å². The lowest BCUT2D eigenvalue weighted by Gasteiger charge is -2.26. The number of hydrogen-bond acceptors (Lipinski definition) is 4. The Morgan fingerprint density at radius 1 is 0.889 bits per heavy atom. The summed E-state index contributed by atoms with van der Waals surface area (Å²) in [5.41, 5.74) is -1.51. The molecule has 0 fully saturated rings. The van der Waals surface area contributed by atoms with Crippen LogP contribution < -0.4 is 10.6 Å². The van der Waals surface area contributed by atoms with Crippen molar-refractivity contribution in [2.24, 2.45) is 0 Å². The van der Waals surface area contributed by atoms with Gasteiger partial charge in [-0.2, -0.15) is 13.2 Å². The summed E-state index contributed by atoms with van der Waals surface area (Å²) in [5, 5.41) is 5.94. The quantitative estimate of drug-likeness (QED) is 0.642. The molecule has 0 saturated heterocycles. The van der Waals surface area contributed by atoms with Crippen LogP contribution in [0, 0.1) is 0 Å². The van der Waals surface area contributed by atoms with Gasteiger partial charge in [-0.15, -0.1) is 0 Å². The lowest BCUT2D eigenvalue weighted by atomic mass is 10.00. The van der Waals surface area contributed by atoms with Crippen LogP contribution in [0.25, 0.3) is 0 Å². The normalized spacial score (nSPS) is 12.8. The van der Waals surface area contributed by atoms with E-state index >= 15 is 0 Å². The number of ketones is 1. The van der Waals surface area contributed by atoms with Crippen LogP contribution in [-0.4, -0.2) is 16.9 Å². The second-order valence-corrected chi connectivity index (χ2v) is 8.45. The molecule has 0 bridgehead atoms. The number of furan rings is 1. The first-order valence-electron chi connectivity index (χ1n) is 8.59. The Labute approximate surface area is 157 Å². The summed E-state index contributed by atoms with van der Waals surface area (Å²) < 4.78 is 46.2. The Bertz CT molecular complexity index is 811. The zero-order chi connectivity index (χ0) is 20.6. The van der Waals surface area contributed by atoms with Crippen molar-refractivity contribution in [3.8, 4) is 0 Å². The van der Waals surface area contributed by atoms with Gasteiger partial charge in [0, 0.05) is 16.6 Å². The highest BCUT2D eigenvalue weighted by molar-refractivity contribution is 6.14. The Morgan fingerprint density at radius 2 is 1.41 bits per heavy atom. The molecule has 4 nitrogen and oxygen atoms in total. The van der Waals surface area contributed by atoms with E-state index in [1.807, 2.05) is 0 Å². The van der Waals surface area contributed by atoms with Crippen molar-refractivity contribution in [2.45, 2.75) is 58.8 Å². The Morgan fingerprint density at radius 3 is 1.85 bits per heavy atom. The fourth-order valence-corrected chi connectivity index (χ4v) is 2.50. The molecule has 2 aromatic rings. The van der Waals surface area contributed by atoms with Gasteiger partial charge in [0.25, 0.3) is 0 Å². The van der Waals surface area contributed by atoms with Crippen LogP contribution in [0.4, 0.5) is 24.7 Å². The summed E-state index contributed by atoms with van der Waals surface area (Å²) in [4.78, 5) is 13.0. The number of halogens is 3. The maximum absolute atomic E-state index is 13.7. The summed E-state index contributed by atoms with van der Waals surface area (Å²) >= 11 is 0. The van der Waals surface area contributed by atoms with Gasteiger partial charge in [-0.25, -0.2) is 0 Å². The van der Waals surface area contributed by atoms with E-state index in [0.29, 0.717) is 0 Å². The van der Waals surface area contributed by atoms with Crippen molar-refractivity contribution in [1.82, 2.24) is 0 Å². The maximum Gasteiger partial charge on any atom is 0.450 e. The maximum atomic E-state index is 13.7. The van der Waals surface area contributed by atoms with Gasteiger partial charge in [-0.3, -0.25) is 4.79 Å². The predicted octanol–water partition coefficient (Wildman–Crippen LogP) is 5.95. The molecular formula is C20H25F3N2O2. The van der Waals surface area contributed by atoms with E-state index in [4.69, 9.17) is 4.42 Å². The largest absolute Gasteiger partial charge is 0.450 e. The number of hydrogen-bond donors (Lipinski definition) is 2. The van der Waals surface area contributed by atoms with Gasteiger partial charge in [0.2, 0.25) is 11.6 Å². The molecule has 148 valence electrons. The van der Waals surface area contributed by atoms with Crippen LogP contribution in [0.2, 0.25) is 0 Å². The number of nitrogens with one attached hydrogen (secondary N) is 2. The molecule has 0 aliphatic carbocycles. The minimum absolute atomic E-state index is 0.0126. The average molecular weight is 382 g/mol. The van der Waals surface area contributed by atoms with Crippen molar-refractivity contribution in [2.75, 3.05) is 10.6 Å². The van der Waals surface area contributed by atoms with Crippen molar-refractivity contribution in [1.29, 1.82) is 0 Å². The molecule has 0 radical (unpaired) electrons. The zero-order valence-electron chi connectivity index (χ0n) is 16.3. The monoisotopic (exact) mass is 382 g/mol. The molecule has 7 heteroatoms. The van der Waals surface area contributed by atoms with Gasteiger partial charge in [0.1, 0.15) is 5.69 Å². The van der Waals surface area contributed by atoms with Gasteiger partial charge in [0.05, 0.1) is 5.56 Å². The molecule has 27 heavy (non-hydrogen) atoms. The zero-order valence-corrected chi connectivity index (χ0v) is 16.3. The molecule has 0 unspecified atom stereocenters. The van der Waals surface area contributed by atoms with Crippen LogP contribution in [0.15, 0.2) is 34.7 Å². The minimum atomic E-state index is -4.81. The molecular weight excluding hydrogens is 357 g/mol. The number of carbonyl (C=O) groups is 1. The van der Waals surface area contributed by atoms with Gasteiger partial charge < -0.3 is 15.1 Å². The Kier molecular flexibility index (Phi) is 5.37. The fraction of sp³-hybridized carbons (Fsp3) is 0.450. The first-order valence-corrected chi connectivity index (χ1v) is 8.59. The van der Waals surface area contributed by atoms with Crippen molar-refractivity contribution in [3.63, 3.8) is 0 Å². The standard InChI is InChI=1S/C20H25F3N2O2/c1-18(2,3)24-14-13(15(26)12-10-8-7-9-11-12)16(20(21,22)23)27-17(14)25-19(4,5)6/h7-11,24-25H,1-6H3. The van der Waals surface area contributed by atoms with E-state index in [2.05, 4.69) is 10.6 Å². The van der Waals surface area contributed by atoms with Crippen LogP contribution in [-0.2, 0) is 6.18 Å². The summed E-state index contributed by atoms with van der Waals surface area (Å²) in [7, 11) is 0. The van der Waals surface area contributed by atoms with E-state index in [1.165, 1.54) is 12.1 Å². The Balaban J connectivity index is 2.75. The fourth-order valence-electron chi connectivity index (χ4n) is 2.50. The first kappa shape index (κ1) is 20.9. The topological polar surface area (TPSA) is 54.3 Å². The van der Waals surface area contributed by atoms with Gasteiger partial charge in [-0.1, -0.05) is 30.3 Å². The molecule has 2 N–H and O–H groups in total. The highest BCUT2D eigenvalue weighted by Crippen LogP contribution is 2.44. The smallest absolute Gasteiger partial charge is 0.433 e. The van der Waals surface area contributed by atoms with E-state index in [1.54, 1.807) is 59.7 Å². The number of benzene rings is 1. The highest BCUT2D eigenvalue weighted by Gasteiger charge is 2.44. The van der Waals surface area contributed by atoms with Crippen LogP contribution in [0.1, 0.15) is 63.2 Å². The van der Waals surface area contributed by atoms with Gasteiger partial charge >= 0.3 is 6.18 Å². The lowest BCUT2D eigenvalue weighted by Crippen LogP contribution is -2.30. The summed E-state index contributed by atoms with van der Waals surface area (Å²) in [6, 6.07) is 7.86. The molecule has 0 aliphatic rings. The van der Waals surface area contributed by atoms with Crippen LogP contribution in [0.5, 0.6) is 0 Å². The van der Waals surface area contributed by atoms with E-state index in [0.717, 1.165) is 0 Å². The van der Waals surface area contributed by atoms with Crippen molar-refractivity contribution >= 4 is 17.4 Å². The first-order chi connectivity index (χ1) is 12.2. The molecule has 0 spiro atoms.